The minimum absolute atomic E-state index is 0. The Kier molecular flexibility index (Phi) is 17.5. The molecule has 10 N–H and O–H groups in total. The van der Waals surface area contributed by atoms with Crippen LogP contribution in [0.15, 0.2) is 0 Å². The second-order valence-electron chi connectivity index (χ2n) is 4.99. The Hall–Kier alpha value is -0.694. The molecule has 27 heavy (non-hydrogen) atoms. The molecule has 0 unspecified atom stereocenters. The molecule has 0 aromatic carbocycles. The van der Waals surface area contributed by atoms with Crippen LogP contribution in [0, 0.1) is 0 Å². The molecule has 14 nitrogen and oxygen atoms in total. The fourth-order valence-electron chi connectivity index (χ4n) is 1.32. The first kappa shape index (κ1) is 31.0. The zero-order chi connectivity index (χ0) is 21.2. The van der Waals surface area contributed by atoms with E-state index in [0.29, 0.717) is 0 Å². The van der Waals surface area contributed by atoms with Crippen LogP contribution in [0.1, 0.15) is 0 Å². The Bertz CT molecular complexity index is 385. The predicted octanol–water partition coefficient (Wildman–Crippen LogP) is -10.0. The van der Waals surface area contributed by atoms with Gasteiger partial charge in [0.05, 0.1) is 25.2 Å². The Morgan fingerprint density at radius 1 is 0.593 bits per heavy atom. The number of aliphatic carboxylic acids is 2. The minimum Gasteiger partial charge on any atom is -0.547 e. The van der Waals surface area contributed by atoms with Crippen LogP contribution in [0.2, 0.25) is 0 Å². The van der Waals surface area contributed by atoms with Gasteiger partial charge in [0, 0.05) is 0 Å². The van der Waals surface area contributed by atoms with Crippen LogP contribution in [-0.2, 0) is 9.59 Å². The van der Waals surface area contributed by atoms with Crippen molar-refractivity contribution in [3.05, 3.63) is 0 Å². The number of rotatable bonds is 10. The fourth-order valence-corrected chi connectivity index (χ4v) is 1.32. The smallest absolute Gasteiger partial charge is 0.547 e. The normalized spacial score (nSPS) is 19.6. The van der Waals surface area contributed by atoms with Crippen molar-refractivity contribution in [3.63, 3.8) is 0 Å². The average molecular weight is 415 g/mol. The van der Waals surface area contributed by atoms with Gasteiger partial charge in [0.15, 0.2) is 0 Å². The molecule has 0 aromatic heterocycles. The molecular formula is C12H22MgO14. The molecule has 0 aliphatic carbocycles. The third kappa shape index (κ3) is 11.0. The number of hydrogen-bond acceptors (Lipinski definition) is 14. The zero-order valence-corrected chi connectivity index (χ0v) is 15.3. The van der Waals surface area contributed by atoms with Crippen molar-refractivity contribution in [1.29, 1.82) is 0 Å². The zero-order valence-electron chi connectivity index (χ0n) is 13.8. The van der Waals surface area contributed by atoms with Gasteiger partial charge in [0.25, 0.3) is 0 Å². The number of hydrogen-bond donors (Lipinski definition) is 10. The number of carbonyl (C=O) groups excluding carboxylic acids is 2. The van der Waals surface area contributed by atoms with E-state index in [9.17, 15) is 19.8 Å². The topological polar surface area (TPSA) is 283 Å². The molecule has 0 amide bonds. The molecule has 0 radical (unpaired) electrons. The van der Waals surface area contributed by atoms with Crippen LogP contribution in [0.3, 0.4) is 0 Å². The van der Waals surface area contributed by atoms with Crippen LogP contribution >= 0.6 is 0 Å². The molecule has 0 aromatic rings. The molecule has 0 bridgehead atoms. The molecule has 8 atom stereocenters. The number of carboxylic acids is 2. The first-order chi connectivity index (χ1) is 11.8. The van der Waals surface area contributed by atoms with Gasteiger partial charge < -0.3 is 70.9 Å². The predicted molar refractivity (Wildman–Crippen MR) is 78.0 cm³/mol. The standard InChI is InChI=1S/2C6H12O7.Mg/c2*7-1-2(8)3(9)4(10)5(11)6(12)13;/h2*2-5,7-11H,1H2,(H,12,13);/q;;+2/p-2/t2*2-,3+,4+,5-;/m11./s1. The summed E-state index contributed by atoms with van der Waals surface area (Å²) in [6.07, 6.45) is -16.2. The van der Waals surface area contributed by atoms with Gasteiger partial charge in [-0.2, -0.15) is 0 Å². The summed E-state index contributed by atoms with van der Waals surface area (Å²) < 4.78 is 0. The molecule has 0 aliphatic heterocycles. The Morgan fingerprint density at radius 3 is 0.963 bits per heavy atom. The molecular weight excluding hydrogens is 392 g/mol. The minimum atomic E-state index is -2.31. The van der Waals surface area contributed by atoms with Crippen molar-refractivity contribution in [1.82, 2.24) is 0 Å². The molecule has 0 rings (SSSR count). The molecule has 0 spiro atoms. The van der Waals surface area contributed by atoms with Gasteiger partial charge in [0.2, 0.25) is 0 Å². The quantitative estimate of drug-likeness (QED) is 0.148. The van der Waals surface area contributed by atoms with Gasteiger partial charge in [-0.1, -0.05) is 0 Å². The van der Waals surface area contributed by atoms with E-state index in [1.807, 2.05) is 0 Å². The van der Waals surface area contributed by atoms with E-state index < -0.39 is 74.0 Å². The van der Waals surface area contributed by atoms with E-state index in [4.69, 9.17) is 51.1 Å². The van der Waals surface area contributed by atoms with Crippen LogP contribution in [0.5, 0.6) is 0 Å². The van der Waals surface area contributed by atoms with Crippen LogP contribution < -0.4 is 10.2 Å². The summed E-state index contributed by atoms with van der Waals surface area (Å²) in [5.74, 6) is -3.95. The molecule has 0 aliphatic rings. The summed E-state index contributed by atoms with van der Waals surface area (Å²) in [5.41, 5.74) is 0. The van der Waals surface area contributed by atoms with E-state index in [1.54, 1.807) is 0 Å². The molecule has 156 valence electrons. The average Bonchev–Trinajstić information content (AvgIpc) is 2.62. The molecule has 0 heterocycles. The van der Waals surface area contributed by atoms with E-state index in [0.717, 1.165) is 0 Å². The van der Waals surface area contributed by atoms with E-state index in [2.05, 4.69) is 0 Å². The second kappa shape index (κ2) is 15.3. The maximum atomic E-state index is 9.98. The van der Waals surface area contributed by atoms with E-state index in [-0.39, 0.29) is 23.1 Å². The third-order valence-electron chi connectivity index (χ3n) is 2.99. The molecule has 15 heteroatoms. The molecule has 0 saturated carbocycles. The SMILES string of the molecule is O=C([O-])[C@H](O)[C@@H](O)[C@@H](O)[C@H](O)CO.O=C([O-])[C@H](O)[C@@H](O)[C@@H](O)[C@H](O)CO.[Mg+2]. The summed E-state index contributed by atoms with van der Waals surface area (Å²) in [4.78, 5) is 20.0. The monoisotopic (exact) mass is 414 g/mol. The largest absolute Gasteiger partial charge is 2.00 e. The Balaban J connectivity index is -0.000000411. The molecule has 0 fully saturated rings. The van der Waals surface area contributed by atoms with Crippen molar-refractivity contribution in [2.45, 2.75) is 48.8 Å². The van der Waals surface area contributed by atoms with Gasteiger partial charge in [-0.15, -0.1) is 0 Å². The summed E-state index contributed by atoms with van der Waals surface area (Å²) in [6.45, 7) is -1.73. The molecule has 0 saturated heterocycles. The van der Waals surface area contributed by atoms with Crippen molar-refractivity contribution < 1.29 is 70.9 Å². The summed E-state index contributed by atoms with van der Waals surface area (Å²) in [5, 5.41) is 107. The first-order valence-electron chi connectivity index (χ1n) is 6.91. The summed E-state index contributed by atoms with van der Waals surface area (Å²) in [6, 6.07) is 0. The summed E-state index contributed by atoms with van der Waals surface area (Å²) >= 11 is 0. The first-order valence-corrected chi connectivity index (χ1v) is 6.91. The van der Waals surface area contributed by atoms with Crippen LogP contribution in [0.4, 0.5) is 0 Å². The maximum absolute atomic E-state index is 9.98. The van der Waals surface area contributed by atoms with Crippen LogP contribution in [0.25, 0.3) is 0 Å². The van der Waals surface area contributed by atoms with Crippen molar-refractivity contribution in [2.75, 3.05) is 13.2 Å². The van der Waals surface area contributed by atoms with Crippen LogP contribution in [-0.4, -0.2) is 148 Å². The Labute approximate surface area is 168 Å². The van der Waals surface area contributed by atoms with E-state index in [1.165, 1.54) is 0 Å². The maximum Gasteiger partial charge on any atom is 2.00 e. The van der Waals surface area contributed by atoms with Gasteiger partial charge in [-0.25, -0.2) is 0 Å². The van der Waals surface area contributed by atoms with E-state index >= 15 is 0 Å². The Morgan fingerprint density at radius 2 is 0.815 bits per heavy atom. The number of carbonyl (C=O) groups is 2. The van der Waals surface area contributed by atoms with Gasteiger partial charge >= 0.3 is 23.1 Å². The third-order valence-corrected chi connectivity index (χ3v) is 2.99. The second-order valence-corrected chi connectivity index (χ2v) is 4.99. The number of aliphatic hydroxyl groups is 10. The number of carboxylic acid groups (broad SMARTS) is 2. The summed E-state index contributed by atoms with van der Waals surface area (Å²) in [7, 11) is 0. The fraction of sp³-hybridized carbons (Fsp3) is 0.833. The van der Waals surface area contributed by atoms with Gasteiger partial charge in [-0.3, -0.25) is 0 Å². The van der Waals surface area contributed by atoms with Crippen molar-refractivity contribution >= 4 is 35.0 Å². The number of aliphatic hydroxyl groups excluding tert-OH is 10. The van der Waals surface area contributed by atoms with Crippen molar-refractivity contribution in [3.8, 4) is 0 Å². The van der Waals surface area contributed by atoms with Crippen molar-refractivity contribution in [2.24, 2.45) is 0 Å². The van der Waals surface area contributed by atoms with Gasteiger partial charge in [-0.05, 0) is 0 Å². The van der Waals surface area contributed by atoms with Gasteiger partial charge in [0.1, 0.15) is 48.8 Å².